The van der Waals surface area contributed by atoms with Crippen molar-refractivity contribution in [1.82, 2.24) is 0 Å². The van der Waals surface area contributed by atoms with Crippen molar-refractivity contribution in [3.05, 3.63) is 23.1 Å². The van der Waals surface area contributed by atoms with Crippen LogP contribution in [0.4, 0.5) is 0 Å². The van der Waals surface area contributed by atoms with Crippen LogP contribution in [0.1, 0.15) is 0 Å². The van der Waals surface area contributed by atoms with Crippen LogP contribution in [0.15, 0.2) is 23.1 Å². The molecule has 1 aliphatic rings. The van der Waals surface area contributed by atoms with E-state index in [4.69, 9.17) is 10.8 Å². The first kappa shape index (κ1) is 7.06. The zero-order chi connectivity index (χ0) is 7.72. The molecule has 0 aromatic carbocycles. The molecule has 1 rings (SSSR count). The molecule has 0 radical (unpaired) electrons. The normalized spacial score (nSPS) is 18.4. The summed E-state index contributed by atoms with van der Waals surface area (Å²) in [6.45, 7) is 0. The molecule has 0 spiro atoms. The van der Waals surface area contributed by atoms with Crippen LogP contribution < -0.4 is 0 Å². The summed E-state index contributed by atoms with van der Waals surface area (Å²) < 4.78 is 0. The monoisotopic (exact) mass is 130 g/mol. The molecule has 0 aromatic rings. The highest BCUT2D eigenvalue weighted by Crippen LogP contribution is 2.06. The Bertz CT molecular complexity index is 227. The van der Waals surface area contributed by atoms with Crippen LogP contribution in [-0.2, 0) is 0 Å². The van der Waals surface area contributed by atoms with E-state index in [0.29, 0.717) is 11.4 Å². The Balaban J connectivity index is 3.09. The van der Waals surface area contributed by atoms with Gasteiger partial charge in [0.15, 0.2) is 0 Å². The van der Waals surface area contributed by atoms with Gasteiger partial charge < -0.3 is 0 Å². The molecule has 0 unspecified atom stereocenters. The molecule has 0 aromatic heterocycles. The van der Waals surface area contributed by atoms with E-state index >= 15 is 0 Å². The average molecular weight is 130 g/mol. The highest BCUT2D eigenvalue weighted by Gasteiger charge is 2.10. The summed E-state index contributed by atoms with van der Waals surface area (Å²) in [5, 5.41) is 14.8. The Morgan fingerprint density at radius 2 is 1.20 bits per heavy atom. The Morgan fingerprint density at radius 3 is 1.50 bits per heavy atom. The fourth-order valence-electron chi connectivity index (χ4n) is 0.811. The van der Waals surface area contributed by atoms with Crippen molar-refractivity contribution in [3.8, 4) is 0 Å². The van der Waals surface area contributed by atoms with E-state index in [9.17, 15) is 0 Å². The molecule has 4 heteroatoms. The fraction of sp³-hybridized carbons (Fsp3) is 0. The van der Waals surface area contributed by atoms with Gasteiger partial charge in [-0.15, -0.1) is 0 Å². The van der Waals surface area contributed by atoms with Gasteiger partial charge in [0.2, 0.25) is 0 Å². The van der Waals surface area contributed by atoms with Gasteiger partial charge in [-0.3, -0.25) is 10.8 Å². The lowest BCUT2D eigenvalue weighted by molar-refractivity contribution is 1.48. The van der Waals surface area contributed by atoms with Gasteiger partial charge in [0.25, 0.3) is 0 Å². The third kappa shape index (κ3) is 0.967. The lowest BCUT2D eigenvalue weighted by Gasteiger charge is -2.10. The molecular formula is C6H8B2N2. The summed E-state index contributed by atoms with van der Waals surface area (Å²) in [4.78, 5) is 0. The molecule has 0 saturated heterocycles. The van der Waals surface area contributed by atoms with Gasteiger partial charge in [-0.1, -0.05) is 23.1 Å². The van der Waals surface area contributed by atoms with E-state index in [-0.39, 0.29) is 0 Å². The quantitative estimate of drug-likeness (QED) is 0.314. The van der Waals surface area contributed by atoms with Crippen molar-refractivity contribution in [1.29, 1.82) is 10.8 Å². The van der Waals surface area contributed by atoms with Crippen LogP contribution in [0.3, 0.4) is 0 Å². The summed E-state index contributed by atoms with van der Waals surface area (Å²) in [5.74, 6) is 0. The molecule has 2 nitrogen and oxygen atoms in total. The first-order valence-corrected chi connectivity index (χ1v) is 3.16. The van der Waals surface area contributed by atoms with E-state index in [1.165, 1.54) is 0 Å². The summed E-state index contributed by atoms with van der Waals surface area (Å²) in [6.07, 6.45) is 3.74. The van der Waals surface area contributed by atoms with Gasteiger partial charge in [0.05, 0.1) is 11.4 Å². The van der Waals surface area contributed by atoms with Gasteiger partial charge in [-0.2, -0.15) is 0 Å². The van der Waals surface area contributed by atoms with E-state index in [1.807, 2.05) is 27.8 Å². The Morgan fingerprint density at radius 1 is 0.900 bits per heavy atom. The zero-order valence-corrected chi connectivity index (χ0v) is 6.15. The number of rotatable bonds is 0. The predicted octanol–water partition coefficient (Wildman–Crippen LogP) is -0.926. The van der Waals surface area contributed by atoms with Crippen molar-refractivity contribution < 1.29 is 0 Å². The third-order valence-corrected chi connectivity index (χ3v) is 1.62. The molecule has 0 heterocycles. The van der Waals surface area contributed by atoms with Crippen molar-refractivity contribution in [2.45, 2.75) is 0 Å². The zero-order valence-electron chi connectivity index (χ0n) is 6.15. The molecule has 2 N–H and O–H groups in total. The first-order valence-electron chi connectivity index (χ1n) is 3.16. The molecule has 0 aliphatic heterocycles. The van der Waals surface area contributed by atoms with Gasteiger partial charge in [0.1, 0.15) is 15.7 Å². The van der Waals surface area contributed by atoms with Crippen LogP contribution >= 0.6 is 0 Å². The molecular weight excluding hydrogens is 122 g/mol. The Hall–Kier alpha value is -1.05. The molecule has 0 atom stereocenters. The van der Waals surface area contributed by atoms with Crippen molar-refractivity contribution in [3.63, 3.8) is 0 Å². The average Bonchev–Trinajstić information content (AvgIpc) is 1.93. The van der Waals surface area contributed by atoms with Crippen molar-refractivity contribution in [2.24, 2.45) is 0 Å². The predicted molar refractivity (Wildman–Crippen MR) is 48.7 cm³/mol. The van der Waals surface area contributed by atoms with Crippen LogP contribution in [0.2, 0.25) is 0 Å². The molecule has 0 saturated carbocycles. The largest absolute Gasteiger partial charge is 0.299 e. The van der Waals surface area contributed by atoms with Crippen LogP contribution in [-0.4, -0.2) is 27.1 Å². The standard InChI is InChI=1S/C6H8B2N2/c7-3-1-2-4(8)6(10)5(3)9/h1-2,9-10H,7-8H2. The summed E-state index contributed by atoms with van der Waals surface area (Å²) in [5.41, 5.74) is 2.44. The van der Waals surface area contributed by atoms with E-state index < -0.39 is 0 Å². The highest BCUT2D eigenvalue weighted by molar-refractivity contribution is 6.67. The van der Waals surface area contributed by atoms with Gasteiger partial charge >= 0.3 is 0 Å². The van der Waals surface area contributed by atoms with E-state index in [2.05, 4.69) is 0 Å². The maximum Gasteiger partial charge on any atom is 0.142 e. The fourth-order valence-corrected chi connectivity index (χ4v) is 0.811. The van der Waals surface area contributed by atoms with Gasteiger partial charge in [0, 0.05) is 0 Å². The van der Waals surface area contributed by atoms with Crippen LogP contribution in [0.25, 0.3) is 0 Å². The second-order valence-corrected chi connectivity index (χ2v) is 2.45. The third-order valence-electron chi connectivity index (χ3n) is 1.62. The molecule has 1 aliphatic carbocycles. The number of allylic oxidation sites excluding steroid dienone is 4. The second-order valence-electron chi connectivity index (χ2n) is 2.45. The lowest BCUT2D eigenvalue weighted by Crippen LogP contribution is -2.20. The smallest absolute Gasteiger partial charge is 0.142 e. The Kier molecular flexibility index (Phi) is 1.62. The minimum atomic E-state index is 0.347. The molecule has 10 heavy (non-hydrogen) atoms. The summed E-state index contributed by atoms with van der Waals surface area (Å²) in [7, 11) is 3.69. The highest BCUT2D eigenvalue weighted by atomic mass is 14.5. The SMILES string of the molecule is BC1=CC=C(B)C(=N)C1=N. The maximum absolute atomic E-state index is 7.40. The molecule has 0 fully saturated rings. The van der Waals surface area contributed by atoms with Crippen LogP contribution in [0.5, 0.6) is 0 Å². The summed E-state index contributed by atoms with van der Waals surface area (Å²) in [6, 6.07) is 0. The maximum atomic E-state index is 7.40. The number of nitrogens with one attached hydrogen (secondary N) is 2. The van der Waals surface area contributed by atoms with Crippen molar-refractivity contribution in [2.75, 3.05) is 0 Å². The molecule has 0 amide bonds. The number of hydrogen-bond acceptors (Lipinski definition) is 2. The second kappa shape index (κ2) is 2.29. The number of hydrogen-bond donors (Lipinski definition) is 2. The minimum Gasteiger partial charge on any atom is -0.299 e. The van der Waals surface area contributed by atoms with Crippen LogP contribution in [0, 0.1) is 10.8 Å². The molecule has 0 bridgehead atoms. The minimum absolute atomic E-state index is 0.347. The molecule has 48 valence electrons. The lowest BCUT2D eigenvalue weighted by atomic mass is 9.77. The topological polar surface area (TPSA) is 47.7 Å². The van der Waals surface area contributed by atoms with E-state index in [0.717, 1.165) is 10.9 Å². The Labute approximate surface area is 61.9 Å². The van der Waals surface area contributed by atoms with Gasteiger partial charge in [-0.05, 0) is 0 Å². The van der Waals surface area contributed by atoms with Crippen molar-refractivity contribution >= 4 is 27.1 Å². The van der Waals surface area contributed by atoms with Gasteiger partial charge in [-0.25, -0.2) is 0 Å². The summed E-state index contributed by atoms with van der Waals surface area (Å²) >= 11 is 0. The first-order chi connectivity index (χ1) is 4.63. The van der Waals surface area contributed by atoms with E-state index in [1.54, 1.807) is 0 Å².